The van der Waals surface area contributed by atoms with Crippen LogP contribution in [0.1, 0.15) is 15.9 Å². The van der Waals surface area contributed by atoms with Gasteiger partial charge in [0.2, 0.25) is 5.91 Å². The molecule has 126 valence electrons. The van der Waals surface area contributed by atoms with Crippen molar-refractivity contribution in [1.29, 1.82) is 0 Å². The Bertz CT molecular complexity index is 848. The molecule has 1 heterocycles. The fraction of sp³-hybridized carbons (Fsp3) is 0.0588. The van der Waals surface area contributed by atoms with Gasteiger partial charge in [-0.05, 0) is 54.1 Å². The van der Waals surface area contributed by atoms with E-state index < -0.39 is 11.8 Å². The van der Waals surface area contributed by atoms with Crippen molar-refractivity contribution in [3.8, 4) is 5.75 Å². The van der Waals surface area contributed by atoms with Gasteiger partial charge in [0.1, 0.15) is 11.6 Å². The fourth-order valence-electron chi connectivity index (χ4n) is 1.90. The molecule has 1 aliphatic heterocycles. The van der Waals surface area contributed by atoms with Crippen LogP contribution in [0.25, 0.3) is 0 Å². The third-order valence-corrected chi connectivity index (χ3v) is 3.98. The van der Waals surface area contributed by atoms with E-state index in [2.05, 4.69) is 15.5 Å². The molecule has 1 N–H and O–H groups in total. The molecular weight excluding hydrogens is 345 g/mol. The zero-order valence-electron chi connectivity index (χ0n) is 12.8. The topological polar surface area (TPSA) is 80.1 Å². The maximum Gasteiger partial charge on any atom is 0.343 e. The summed E-state index contributed by atoms with van der Waals surface area (Å²) in [6, 6.07) is 11.7. The van der Waals surface area contributed by atoms with E-state index >= 15 is 0 Å². The summed E-state index contributed by atoms with van der Waals surface area (Å²) in [7, 11) is 0. The molecular formula is C17H12FN3O3S. The molecule has 0 spiro atoms. The second kappa shape index (κ2) is 7.71. The number of ether oxygens (including phenoxy) is 1. The van der Waals surface area contributed by atoms with E-state index in [9.17, 15) is 14.0 Å². The molecule has 6 nitrogen and oxygen atoms in total. The zero-order valence-corrected chi connectivity index (χ0v) is 13.6. The van der Waals surface area contributed by atoms with Gasteiger partial charge < -0.3 is 10.1 Å². The van der Waals surface area contributed by atoms with Gasteiger partial charge in [0.05, 0.1) is 17.5 Å². The van der Waals surface area contributed by atoms with Crippen LogP contribution in [0, 0.1) is 5.82 Å². The van der Waals surface area contributed by atoms with Crippen LogP contribution in [0.5, 0.6) is 5.75 Å². The van der Waals surface area contributed by atoms with Crippen molar-refractivity contribution >= 4 is 35.0 Å². The lowest BCUT2D eigenvalue weighted by atomic mass is 10.2. The van der Waals surface area contributed by atoms with E-state index in [0.717, 1.165) is 5.56 Å². The first-order chi connectivity index (χ1) is 12.1. The van der Waals surface area contributed by atoms with Gasteiger partial charge in [-0.2, -0.15) is 5.10 Å². The quantitative estimate of drug-likeness (QED) is 0.395. The molecule has 3 rings (SSSR count). The molecule has 0 bridgehead atoms. The third-order valence-electron chi connectivity index (χ3n) is 3.11. The zero-order chi connectivity index (χ0) is 17.6. The number of hydrogen-bond acceptors (Lipinski definition) is 6. The number of carbonyl (C=O) groups excluding carboxylic acids is 2. The first-order valence-electron chi connectivity index (χ1n) is 7.22. The van der Waals surface area contributed by atoms with Gasteiger partial charge in [0.25, 0.3) is 0 Å². The van der Waals surface area contributed by atoms with Crippen molar-refractivity contribution in [3.63, 3.8) is 0 Å². The monoisotopic (exact) mass is 357 g/mol. The lowest BCUT2D eigenvalue weighted by Gasteiger charge is -2.04. The number of amides is 1. The molecule has 0 atom stereocenters. The average Bonchev–Trinajstić information content (AvgIpc) is 3.02. The SMILES string of the molecule is O=C1CSC(=N/N=C\c2ccc(OC(=O)c3ccc(F)cc3)cc2)N1. The van der Waals surface area contributed by atoms with Crippen LogP contribution in [0.4, 0.5) is 4.39 Å². The Kier molecular flexibility index (Phi) is 5.20. The van der Waals surface area contributed by atoms with Gasteiger partial charge in [-0.1, -0.05) is 11.8 Å². The van der Waals surface area contributed by atoms with Crippen molar-refractivity contribution in [3.05, 3.63) is 65.5 Å². The predicted molar refractivity (Wildman–Crippen MR) is 93.4 cm³/mol. The second-order valence-corrected chi connectivity index (χ2v) is 5.92. The van der Waals surface area contributed by atoms with Crippen LogP contribution < -0.4 is 10.1 Å². The van der Waals surface area contributed by atoms with Crippen LogP contribution in [0.3, 0.4) is 0 Å². The summed E-state index contributed by atoms with van der Waals surface area (Å²) in [5.41, 5.74) is 1.01. The van der Waals surface area contributed by atoms with Gasteiger partial charge in [0.15, 0.2) is 5.17 Å². The summed E-state index contributed by atoms with van der Waals surface area (Å²) >= 11 is 1.29. The van der Waals surface area contributed by atoms with Gasteiger partial charge in [-0.3, -0.25) is 4.79 Å². The number of halogens is 1. The third kappa shape index (κ3) is 4.74. The van der Waals surface area contributed by atoms with E-state index in [-0.39, 0.29) is 11.5 Å². The van der Waals surface area contributed by atoms with Crippen LogP contribution >= 0.6 is 11.8 Å². The Balaban J connectivity index is 1.59. The number of nitrogens with one attached hydrogen (secondary N) is 1. The number of carbonyl (C=O) groups is 2. The molecule has 2 aromatic rings. The number of amidine groups is 1. The lowest BCUT2D eigenvalue weighted by molar-refractivity contribution is -0.116. The first-order valence-corrected chi connectivity index (χ1v) is 8.20. The molecule has 8 heteroatoms. The molecule has 25 heavy (non-hydrogen) atoms. The highest BCUT2D eigenvalue weighted by molar-refractivity contribution is 8.15. The molecule has 1 fully saturated rings. The largest absolute Gasteiger partial charge is 0.423 e. The summed E-state index contributed by atoms with van der Waals surface area (Å²) in [5, 5.41) is 10.8. The maximum atomic E-state index is 12.8. The number of thioether (sulfide) groups is 1. The molecule has 2 aromatic carbocycles. The molecule has 1 amide bonds. The number of rotatable bonds is 4. The van der Waals surface area contributed by atoms with Gasteiger partial charge in [0, 0.05) is 0 Å². The lowest BCUT2D eigenvalue weighted by Crippen LogP contribution is -2.19. The van der Waals surface area contributed by atoms with E-state index in [1.165, 1.54) is 42.2 Å². The highest BCUT2D eigenvalue weighted by Gasteiger charge is 2.15. The Hall–Kier alpha value is -3.00. The number of esters is 1. The normalized spacial score (nSPS) is 15.6. The molecule has 1 aliphatic rings. The van der Waals surface area contributed by atoms with Crippen molar-refractivity contribution < 1.29 is 18.7 Å². The summed E-state index contributed by atoms with van der Waals surface area (Å²) in [6.45, 7) is 0. The van der Waals surface area contributed by atoms with Crippen molar-refractivity contribution in [2.75, 3.05) is 5.75 Å². The molecule has 0 unspecified atom stereocenters. The summed E-state index contributed by atoms with van der Waals surface area (Å²) in [4.78, 5) is 22.9. The molecule has 0 aromatic heterocycles. The fourth-order valence-corrected chi connectivity index (χ4v) is 2.53. The predicted octanol–water partition coefficient (Wildman–Crippen LogP) is 2.60. The molecule has 0 saturated carbocycles. The Labute approximate surface area is 146 Å². The standard InChI is InChI=1S/C17H12FN3O3S/c18-13-5-3-12(4-6-13)16(23)24-14-7-1-11(2-8-14)9-19-21-17-20-15(22)10-25-17/h1-9H,10H2,(H,20,21,22)/b19-9-. The van der Waals surface area contributed by atoms with Gasteiger partial charge in [-0.25, -0.2) is 9.18 Å². The summed E-state index contributed by atoms with van der Waals surface area (Å²) in [6.07, 6.45) is 1.52. The molecule has 0 radical (unpaired) electrons. The summed E-state index contributed by atoms with van der Waals surface area (Å²) < 4.78 is 18.1. The highest BCUT2D eigenvalue weighted by Crippen LogP contribution is 2.14. The van der Waals surface area contributed by atoms with E-state index in [0.29, 0.717) is 16.7 Å². The van der Waals surface area contributed by atoms with E-state index in [4.69, 9.17) is 4.74 Å². The number of benzene rings is 2. The highest BCUT2D eigenvalue weighted by atomic mass is 32.2. The minimum atomic E-state index is -0.568. The molecule has 0 aliphatic carbocycles. The van der Waals surface area contributed by atoms with Gasteiger partial charge in [-0.15, -0.1) is 5.10 Å². The number of hydrogen-bond donors (Lipinski definition) is 1. The average molecular weight is 357 g/mol. The molecule has 1 saturated heterocycles. The maximum absolute atomic E-state index is 12.8. The van der Waals surface area contributed by atoms with E-state index in [1.807, 2.05) is 0 Å². The Morgan fingerprint density at radius 3 is 2.52 bits per heavy atom. The van der Waals surface area contributed by atoms with Crippen molar-refractivity contribution in [2.24, 2.45) is 10.2 Å². The minimum absolute atomic E-state index is 0.0914. The number of nitrogens with zero attached hydrogens (tertiary/aromatic N) is 2. The smallest absolute Gasteiger partial charge is 0.343 e. The van der Waals surface area contributed by atoms with Crippen LogP contribution in [0.2, 0.25) is 0 Å². The van der Waals surface area contributed by atoms with Gasteiger partial charge >= 0.3 is 5.97 Å². The van der Waals surface area contributed by atoms with E-state index in [1.54, 1.807) is 24.3 Å². The second-order valence-electron chi connectivity index (χ2n) is 4.95. The van der Waals surface area contributed by atoms with Crippen LogP contribution in [-0.2, 0) is 4.79 Å². The Morgan fingerprint density at radius 1 is 1.16 bits per heavy atom. The van der Waals surface area contributed by atoms with Crippen molar-refractivity contribution in [2.45, 2.75) is 0 Å². The first kappa shape index (κ1) is 16.8. The van der Waals surface area contributed by atoms with Crippen LogP contribution in [-0.4, -0.2) is 29.0 Å². The summed E-state index contributed by atoms with van der Waals surface area (Å²) in [5.74, 6) is -0.369. The minimum Gasteiger partial charge on any atom is -0.423 e. The van der Waals surface area contributed by atoms with Crippen LogP contribution in [0.15, 0.2) is 58.7 Å². The Morgan fingerprint density at radius 2 is 1.88 bits per heavy atom. The van der Waals surface area contributed by atoms with Crippen molar-refractivity contribution in [1.82, 2.24) is 5.32 Å².